The summed E-state index contributed by atoms with van der Waals surface area (Å²) in [7, 11) is 0. The molecule has 0 amide bonds. The summed E-state index contributed by atoms with van der Waals surface area (Å²) in [6.45, 7) is 3.23. The minimum atomic E-state index is 0.544. The van der Waals surface area contributed by atoms with Gasteiger partial charge in [0, 0.05) is 50.3 Å². The molecule has 7 nitrogen and oxygen atoms in total. The highest BCUT2D eigenvalue weighted by atomic mass is 35.5. The smallest absolute Gasteiger partial charge is 0.225 e. The zero-order valence-electron chi connectivity index (χ0n) is 13.5. The molecular formula is C17H16ClN7. The van der Waals surface area contributed by atoms with Crippen LogP contribution in [0.5, 0.6) is 0 Å². The van der Waals surface area contributed by atoms with E-state index in [2.05, 4.69) is 34.7 Å². The van der Waals surface area contributed by atoms with Gasteiger partial charge in [-0.15, -0.1) is 0 Å². The maximum Gasteiger partial charge on any atom is 0.225 e. The Bertz CT molecular complexity index is 833. The van der Waals surface area contributed by atoms with Crippen molar-refractivity contribution in [1.82, 2.24) is 24.9 Å². The fourth-order valence-electron chi connectivity index (χ4n) is 2.75. The molecule has 0 bridgehead atoms. The predicted octanol–water partition coefficient (Wildman–Crippen LogP) is 2.31. The summed E-state index contributed by atoms with van der Waals surface area (Å²) in [5, 5.41) is 0.544. The van der Waals surface area contributed by atoms with E-state index < -0.39 is 0 Å². The average Bonchev–Trinajstić information content (AvgIpc) is 2.70. The van der Waals surface area contributed by atoms with E-state index in [-0.39, 0.29) is 0 Å². The first-order valence-corrected chi connectivity index (χ1v) is 8.38. The van der Waals surface area contributed by atoms with E-state index in [4.69, 9.17) is 11.6 Å². The molecule has 1 aliphatic rings. The van der Waals surface area contributed by atoms with Gasteiger partial charge < -0.3 is 9.80 Å². The van der Waals surface area contributed by atoms with E-state index >= 15 is 0 Å². The Balaban J connectivity index is 1.47. The van der Waals surface area contributed by atoms with Crippen molar-refractivity contribution < 1.29 is 0 Å². The fraction of sp³-hybridized carbons (Fsp3) is 0.235. The molecule has 4 rings (SSSR count). The van der Waals surface area contributed by atoms with Gasteiger partial charge in [0.1, 0.15) is 0 Å². The van der Waals surface area contributed by atoms with Crippen molar-refractivity contribution in [2.45, 2.75) is 0 Å². The molecular weight excluding hydrogens is 338 g/mol. The van der Waals surface area contributed by atoms with Crippen molar-refractivity contribution in [2.24, 2.45) is 0 Å². The van der Waals surface area contributed by atoms with E-state index in [1.807, 2.05) is 24.4 Å². The van der Waals surface area contributed by atoms with E-state index in [1.54, 1.807) is 24.8 Å². The van der Waals surface area contributed by atoms with Crippen molar-refractivity contribution in [2.75, 3.05) is 36.0 Å². The van der Waals surface area contributed by atoms with Crippen LogP contribution >= 0.6 is 11.6 Å². The lowest BCUT2D eigenvalue weighted by Crippen LogP contribution is -2.47. The number of anilines is 2. The first-order chi connectivity index (χ1) is 12.3. The van der Waals surface area contributed by atoms with E-state index in [1.165, 1.54) is 0 Å². The quantitative estimate of drug-likeness (QED) is 0.715. The summed E-state index contributed by atoms with van der Waals surface area (Å²) in [6, 6.07) is 5.80. The number of piperazine rings is 1. The Hall–Kier alpha value is -2.80. The van der Waals surface area contributed by atoms with Crippen LogP contribution < -0.4 is 9.80 Å². The second-order valence-electron chi connectivity index (χ2n) is 5.66. The van der Waals surface area contributed by atoms with Crippen molar-refractivity contribution in [3.8, 4) is 11.3 Å². The molecule has 0 atom stereocenters. The van der Waals surface area contributed by atoms with Crippen LogP contribution in [0.4, 0.5) is 11.9 Å². The number of halogens is 1. The van der Waals surface area contributed by atoms with Crippen molar-refractivity contribution in [3.05, 3.63) is 54.2 Å². The van der Waals surface area contributed by atoms with Crippen LogP contribution in [0.2, 0.25) is 5.02 Å². The molecule has 0 unspecified atom stereocenters. The van der Waals surface area contributed by atoms with Crippen LogP contribution in [0.1, 0.15) is 0 Å². The molecule has 4 heterocycles. The topological polar surface area (TPSA) is 70.9 Å². The summed E-state index contributed by atoms with van der Waals surface area (Å²) < 4.78 is 0. The highest BCUT2D eigenvalue weighted by molar-refractivity contribution is 6.30. The lowest BCUT2D eigenvalue weighted by atomic mass is 10.2. The first kappa shape index (κ1) is 15.7. The molecule has 3 aromatic rings. The Morgan fingerprint density at radius 3 is 2.20 bits per heavy atom. The number of nitrogens with zero attached hydrogens (tertiary/aromatic N) is 7. The molecule has 1 saturated heterocycles. The Morgan fingerprint density at radius 1 is 0.800 bits per heavy atom. The third kappa shape index (κ3) is 3.51. The molecule has 3 aromatic heterocycles. The second kappa shape index (κ2) is 6.98. The van der Waals surface area contributed by atoms with Crippen LogP contribution in [0.3, 0.4) is 0 Å². The van der Waals surface area contributed by atoms with Gasteiger partial charge in [-0.1, -0.05) is 11.6 Å². The molecule has 0 radical (unpaired) electrons. The molecule has 0 spiro atoms. The molecule has 1 aliphatic heterocycles. The lowest BCUT2D eigenvalue weighted by molar-refractivity contribution is 0.628. The Morgan fingerprint density at radius 2 is 1.52 bits per heavy atom. The highest BCUT2D eigenvalue weighted by Gasteiger charge is 2.21. The number of hydrogen-bond acceptors (Lipinski definition) is 7. The summed E-state index contributed by atoms with van der Waals surface area (Å²) in [5.74, 6) is 1.44. The number of pyridine rings is 1. The number of aromatic nitrogens is 5. The third-order valence-corrected chi connectivity index (χ3v) is 4.25. The molecule has 25 heavy (non-hydrogen) atoms. The van der Waals surface area contributed by atoms with Gasteiger partial charge in [0.15, 0.2) is 0 Å². The van der Waals surface area contributed by atoms with Crippen LogP contribution in [0, 0.1) is 0 Å². The van der Waals surface area contributed by atoms with Gasteiger partial charge in [-0.05, 0) is 18.2 Å². The Labute approximate surface area is 150 Å². The summed E-state index contributed by atoms with van der Waals surface area (Å²) in [4.78, 5) is 26.1. The predicted molar refractivity (Wildman–Crippen MR) is 96.7 cm³/mol. The summed E-state index contributed by atoms with van der Waals surface area (Å²) >= 11 is 5.85. The van der Waals surface area contributed by atoms with Gasteiger partial charge in [-0.3, -0.25) is 4.98 Å². The third-order valence-electron chi connectivity index (χ3n) is 4.05. The van der Waals surface area contributed by atoms with Crippen molar-refractivity contribution in [3.63, 3.8) is 0 Å². The largest absolute Gasteiger partial charge is 0.337 e. The van der Waals surface area contributed by atoms with Gasteiger partial charge in [-0.25, -0.2) is 19.9 Å². The maximum absolute atomic E-state index is 5.85. The van der Waals surface area contributed by atoms with E-state index in [0.29, 0.717) is 11.0 Å². The van der Waals surface area contributed by atoms with Gasteiger partial charge in [0.25, 0.3) is 0 Å². The number of hydrogen-bond donors (Lipinski definition) is 0. The molecule has 0 saturated carbocycles. The minimum absolute atomic E-state index is 0.544. The first-order valence-electron chi connectivity index (χ1n) is 8.00. The number of rotatable bonds is 3. The molecule has 0 aliphatic carbocycles. The monoisotopic (exact) mass is 353 g/mol. The summed E-state index contributed by atoms with van der Waals surface area (Å²) in [6.07, 6.45) is 8.60. The van der Waals surface area contributed by atoms with Gasteiger partial charge in [0.2, 0.25) is 11.9 Å². The molecule has 0 aromatic carbocycles. The van der Waals surface area contributed by atoms with Gasteiger partial charge in [-0.2, -0.15) is 0 Å². The van der Waals surface area contributed by atoms with Crippen LogP contribution in [0.15, 0.2) is 49.2 Å². The molecule has 8 heteroatoms. The van der Waals surface area contributed by atoms with Crippen molar-refractivity contribution in [1.29, 1.82) is 0 Å². The normalized spacial score (nSPS) is 14.6. The standard InChI is InChI=1S/C17H16ClN7/c18-14-11-21-16(22-12-14)24-6-8-25(9-7-24)17-20-5-3-15(23-17)13-2-1-4-19-10-13/h1-5,10-12H,6-9H2. The van der Waals surface area contributed by atoms with Crippen LogP contribution in [0.25, 0.3) is 11.3 Å². The van der Waals surface area contributed by atoms with Gasteiger partial charge in [0.05, 0.1) is 23.1 Å². The average molecular weight is 354 g/mol. The van der Waals surface area contributed by atoms with E-state index in [0.717, 1.165) is 43.4 Å². The highest BCUT2D eigenvalue weighted by Crippen LogP contribution is 2.20. The van der Waals surface area contributed by atoms with Gasteiger partial charge >= 0.3 is 0 Å². The van der Waals surface area contributed by atoms with Crippen molar-refractivity contribution >= 4 is 23.5 Å². The lowest BCUT2D eigenvalue weighted by Gasteiger charge is -2.34. The van der Waals surface area contributed by atoms with Crippen LogP contribution in [-0.4, -0.2) is 51.1 Å². The molecule has 0 N–H and O–H groups in total. The zero-order chi connectivity index (χ0) is 17.1. The molecule has 126 valence electrons. The second-order valence-corrected chi connectivity index (χ2v) is 6.10. The fourth-order valence-corrected chi connectivity index (χ4v) is 2.85. The van der Waals surface area contributed by atoms with Crippen LogP contribution in [-0.2, 0) is 0 Å². The Kier molecular flexibility index (Phi) is 4.39. The minimum Gasteiger partial charge on any atom is -0.337 e. The summed E-state index contributed by atoms with van der Waals surface area (Å²) in [5.41, 5.74) is 1.86. The maximum atomic E-state index is 5.85. The van der Waals surface area contributed by atoms with E-state index in [9.17, 15) is 0 Å². The zero-order valence-corrected chi connectivity index (χ0v) is 14.2. The SMILES string of the molecule is Clc1cnc(N2CCN(c3nccc(-c4cccnc4)n3)CC2)nc1. The molecule has 1 fully saturated rings.